The first kappa shape index (κ1) is 13.0. The predicted octanol–water partition coefficient (Wildman–Crippen LogP) is 1.43. The minimum atomic E-state index is -0.281. The summed E-state index contributed by atoms with van der Waals surface area (Å²) in [6.07, 6.45) is 11.2. The molecule has 0 radical (unpaired) electrons. The molecule has 2 aromatic rings. The highest BCUT2D eigenvalue weighted by Crippen LogP contribution is 2.28. The van der Waals surface area contributed by atoms with Gasteiger partial charge in [0.2, 0.25) is 0 Å². The maximum atomic E-state index is 12.0. The Hall–Kier alpha value is -1.98. The van der Waals surface area contributed by atoms with Crippen LogP contribution in [0.1, 0.15) is 38.5 Å². The third-order valence-electron chi connectivity index (χ3n) is 4.02. The second kappa shape index (κ2) is 5.56. The van der Waals surface area contributed by atoms with E-state index in [0.717, 1.165) is 6.42 Å². The number of fused-ring (bicyclic) bond motifs is 1. The highest BCUT2D eigenvalue weighted by Gasteiger charge is 2.17. The summed E-state index contributed by atoms with van der Waals surface area (Å²) in [5.41, 5.74) is 0.192. The highest BCUT2D eigenvalue weighted by atomic mass is 16.2. The Morgan fingerprint density at radius 2 is 2.15 bits per heavy atom. The lowest BCUT2D eigenvalue weighted by molar-refractivity contribution is -0.120. The number of hydrogen-bond donors (Lipinski definition) is 0. The summed E-state index contributed by atoms with van der Waals surface area (Å²) >= 11 is 0. The van der Waals surface area contributed by atoms with Gasteiger partial charge < -0.3 is 0 Å². The van der Waals surface area contributed by atoms with Crippen molar-refractivity contribution >= 4 is 11.4 Å². The zero-order valence-corrected chi connectivity index (χ0v) is 11.4. The average molecular weight is 274 g/mol. The number of carbonyl (C=O) groups is 1. The van der Waals surface area contributed by atoms with E-state index in [1.165, 1.54) is 47.2 Å². The molecule has 6 nitrogen and oxygen atoms in total. The average Bonchev–Trinajstić information content (AvgIpc) is 3.07. The molecule has 2 aromatic heterocycles. The molecular formula is C14H18N4O2. The van der Waals surface area contributed by atoms with E-state index in [4.69, 9.17) is 0 Å². The van der Waals surface area contributed by atoms with Gasteiger partial charge in [0.25, 0.3) is 0 Å². The first-order valence-corrected chi connectivity index (χ1v) is 7.15. The lowest BCUT2D eigenvalue weighted by atomic mass is 10.0. The molecule has 6 heteroatoms. The van der Waals surface area contributed by atoms with Gasteiger partial charge in [-0.25, -0.2) is 13.9 Å². The highest BCUT2D eigenvalue weighted by molar-refractivity contribution is 5.78. The fraction of sp³-hybridized carbons (Fsp3) is 0.571. The zero-order valence-electron chi connectivity index (χ0n) is 11.4. The van der Waals surface area contributed by atoms with Crippen LogP contribution in [0.3, 0.4) is 0 Å². The molecule has 0 saturated heterocycles. The summed E-state index contributed by atoms with van der Waals surface area (Å²) in [6, 6.07) is 0. The predicted molar refractivity (Wildman–Crippen MR) is 73.4 cm³/mol. The van der Waals surface area contributed by atoms with Gasteiger partial charge >= 0.3 is 5.69 Å². The zero-order chi connectivity index (χ0) is 13.9. The lowest BCUT2D eigenvalue weighted by Gasteiger charge is -2.07. The van der Waals surface area contributed by atoms with E-state index in [1.807, 2.05) is 0 Å². The molecule has 106 valence electrons. The van der Waals surface area contributed by atoms with Crippen LogP contribution in [0.25, 0.3) is 5.65 Å². The Bertz CT molecular complexity index is 667. The van der Waals surface area contributed by atoms with E-state index in [0.29, 0.717) is 18.0 Å². The minimum Gasteiger partial charge on any atom is -0.298 e. The first-order valence-electron chi connectivity index (χ1n) is 7.15. The van der Waals surface area contributed by atoms with E-state index < -0.39 is 0 Å². The Morgan fingerprint density at radius 3 is 2.90 bits per heavy atom. The van der Waals surface area contributed by atoms with Gasteiger partial charge in [-0.15, -0.1) is 5.10 Å². The van der Waals surface area contributed by atoms with Crippen LogP contribution in [-0.4, -0.2) is 24.9 Å². The van der Waals surface area contributed by atoms with Gasteiger partial charge in [0.05, 0.1) is 6.20 Å². The molecule has 1 fully saturated rings. The molecule has 1 saturated carbocycles. The van der Waals surface area contributed by atoms with Crippen LogP contribution < -0.4 is 5.69 Å². The van der Waals surface area contributed by atoms with E-state index >= 15 is 0 Å². The van der Waals surface area contributed by atoms with Gasteiger partial charge in [-0.2, -0.15) is 0 Å². The van der Waals surface area contributed by atoms with Crippen LogP contribution in [0.4, 0.5) is 0 Å². The molecule has 0 spiro atoms. The number of Topliss-reactive ketones (excluding diaryl/α,β-unsaturated/α-hetero) is 1. The van der Waals surface area contributed by atoms with Crippen LogP contribution in [0.15, 0.2) is 23.4 Å². The second-order valence-electron chi connectivity index (χ2n) is 5.47. The van der Waals surface area contributed by atoms with Crippen LogP contribution >= 0.6 is 0 Å². The maximum absolute atomic E-state index is 12.0. The molecular weight excluding hydrogens is 256 g/mol. The molecule has 1 aliphatic rings. The normalized spacial score (nSPS) is 16.0. The molecule has 20 heavy (non-hydrogen) atoms. The Balaban J connectivity index is 1.65. The molecule has 0 unspecified atom stereocenters. The quantitative estimate of drug-likeness (QED) is 0.827. The van der Waals surface area contributed by atoms with E-state index in [9.17, 15) is 9.59 Å². The lowest BCUT2D eigenvalue weighted by Crippen LogP contribution is -2.25. The van der Waals surface area contributed by atoms with Crippen LogP contribution in [0.2, 0.25) is 0 Å². The van der Waals surface area contributed by atoms with Crippen molar-refractivity contribution in [3.05, 3.63) is 29.1 Å². The molecule has 0 aromatic carbocycles. The molecule has 0 bridgehead atoms. The summed E-state index contributed by atoms with van der Waals surface area (Å²) in [6.45, 7) is 0.0627. The van der Waals surface area contributed by atoms with Gasteiger partial charge in [-0.3, -0.25) is 9.78 Å². The molecule has 0 N–H and O–H groups in total. The molecule has 0 amide bonds. The second-order valence-corrected chi connectivity index (χ2v) is 5.47. The summed E-state index contributed by atoms with van der Waals surface area (Å²) in [4.78, 5) is 27.9. The SMILES string of the molecule is O=C(CCC1CCCC1)Cn1nc2cnccn2c1=O. The first-order chi connectivity index (χ1) is 9.74. The fourth-order valence-corrected chi connectivity index (χ4v) is 2.89. The molecule has 0 atom stereocenters. The minimum absolute atomic E-state index is 0.0627. The summed E-state index contributed by atoms with van der Waals surface area (Å²) in [5.74, 6) is 0.774. The number of hydrogen-bond acceptors (Lipinski definition) is 4. The van der Waals surface area contributed by atoms with Crippen molar-refractivity contribution in [1.29, 1.82) is 0 Å². The third-order valence-corrected chi connectivity index (χ3v) is 4.02. The number of carbonyl (C=O) groups excluding carboxylic acids is 1. The number of nitrogens with zero attached hydrogens (tertiary/aromatic N) is 4. The van der Waals surface area contributed by atoms with Crippen LogP contribution in [0, 0.1) is 5.92 Å². The number of aromatic nitrogens is 4. The Labute approximate surface area is 116 Å². The largest absolute Gasteiger partial charge is 0.350 e. The summed E-state index contributed by atoms with van der Waals surface area (Å²) in [7, 11) is 0. The maximum Gasteiger partial charge on any atom is 0.350 e. The molecule has 2 heterocycles. The van der Waals surface area contributed by atoms with Gasteiger partial charge in [0, 0.05) is 18.8 Å². The van der Waals surface area contributed by atoms with Crippen LogP contribution in [0.5, 0.6) is 0 Å². The van der Waals surface area contributed by atoms with Crippen LogP contribution in [-0.2, 0) is 11.3 Å². The third kappa shape index (κ3) is 2.64. The van der Waals surface area contributed by atoms with Gasteiger partial charge in [-0.05, 0) is 12.3 Å². The van der Waals surface area contributed by atoms with Crippen molar-refractivity contribution < 1.29 is 4.79 Å². The van der Waals surface area contributed by atoms with Crippen molar-refractivity contribution in [3.8, 4) is 0 Å². The number of ketones is 1. The van der Waals surface area contributed by atoms with Crippen molar-refractivity contribution in [2.24, 2.45) is 5.92 Å². The van der Waals surface area contributed by atoms with Crippen molar-refractivity contribution in [3.63, 3.8) is 0 Å². The topological polar surface area (TPSA) is 69.3 Å². The smallest absolute Gasteiger partial charge is 0.298 e. The Morgan fingerprint density at radius 1 is 1.35 bits per heavy atom. The summed E-state index contributed by atoms with van der Waals surface area (Å²) in [5, 5.41) is 4.12. The molecule has 3 rings (SSSR count). The van der Waals surface area contributed by atoms with E-state index in [1.54, 1.807) is 6.20 Å². The van der Waals surface area contributed by atoms with Gasteiger partial charge in [0.1, 0.15) is 6.54 Å². The van der Waals surface area contributed by atoms with Gasteiger partial charge in [0.15, 0.2) is 11.4 Å². The monoisotopic (exact) mass is 274 g/mol. The molecule has 1 aliphatic carbocycles. The molecule has 0 aliphatic heterocycles. The van der Waals surface area contributed by atoms with E-state index in [-0.39, 0.29) is 18.0 Å². The number of rotatable bonds is 5. The van der Waals surface area contributed by atoms with Crippen molar-refractivity contribution in [1.82, 2.24) is 19.2 Å². The summed E-state index contributed by atoms with van der Waals surface area (Å²) < 4.78 is 2.63. The van der Waals surface area contributed by atoms with Crippen molar-refractivity contribution in [2.45, 2.75) is 45.1 Å². The standard InChI is InChI=1S/C14H18N4O2/c19-12(6-5-11-3-1-2-4-11)10-18-14(20)17-8-7-15-9-13(17)16-18/h7-9,11H,1-6,10H2. The van der Waals surface area contributed by atoms with E-state index in [2.05, 4.69) is 10.1 Å². The fourth-order valence-electron chi connectivity index (χ4n) is 2.89. The Kier molecular flexibility index (Phi) is 3.62. The van der Waals surface area contributed by atoms with Gasteiger partial charge in [-0.1, -0.05) is 25.7 Å². The van der Waals surface area contributed by atoms with Crippen molar-refractivity contribution in [2.75, 3.05) is 0 Å².